The summed E-state index contributed by atoms with van der Waals surface area (Å²) in [6.45, 7) is 2.85. The highest BCUT2D eigenvalue weighted by molar-refractivity contribution is 5.85. The Labute approximate surface area is 106 Å². The molecule has 2 unspecified atom stereocenters. The van der Waals surface area contributed by atoms with Gasteiger partial charge in [-0.1, -0.05) is 0 Å². The first kappa shape index (κ1) is 12.8. The Bertz CT molecular complexity index is 438. The van der Waals surface area contributed by atoms with Gasteiger partial charge in [0.2, 0.25) is 5.95 Å². The molecular formula is C12H17N3O3. The van der Waals surface area contributed by atoms with E-state index in [9.17, 15) is 4.79 Å². The van der Waals surface area contributed by atoms with E-state index < -0.39 is 5.97 Å². The summed E-state index contributed by atoms with van der Waals surface area (Å²) in [5.41, 5.74) is 0.0288. The smallest absolute Gasteiger partial charge is 0.354 e. The molecule has 0 aromatic carbocycles. The summed E-state index contributed by atoms with van der Waals surface area (Å²) in [6.07, 6.45) is 3.55. The second kappa shape index (κ2) is 5.30. The van der Waals surface area contributed by atoms with Crippen LogP contribution in [0.15, 0.2) is 12.3 Å². The van der Waals surface area contributed by atoms with E-state index in [-0.39, 0.29) is 17.8 Å². The maximum Gasteiger partial charge on any atom is 0.354 e. The van der Waals surface area contributed by atoms with Gasteiger partial charge in [-0.05, 0) is 25.8 Å². The Balaban J connectivity index is 2.16. The van der Waals surface area contributed by atoms with Crippen LogP contribution in [0.5, 0.6) is 0 Å². The van der Waals surface area contributed by atoms with E-state index in [1.54, 1.807) is 7.11 Å². The summed E-state index contributed by atoms with van der Waals surface area (Å²) >= 11 is 0. The summed E-state index contributed by atoms with van der Waals surface area (Å²) in [7, 11) is 1.72. The first-order chi connectivity index (χ1) is 8.61. The maximum atomic E-state index is 10.9. The first-order valence-corrected chi connectivity index (χ1v) is 5.97. The average Bonchev–Trinajstić information content (AvgIpc) is 2.38. The van der Waals surface area contributed by atoms with Crippen molar-refractivity contribution >= 4 is 11.9 Å². The molecule has 2 heterocycles. The van der Waals surface area contributed by atoms with Crippen molar-refractivity contribution in [2.75, 3.05) is 18.6 Å². The van der Waals surface area contributed by atoms with Gasteiger partial charge in [-0.2, -0.15) is 0 Å². The molecule has 1 aliphatic heterocycles. The van der Waals surface area contributed by atoms with Crippen LogP contribution in [-0.4, -0.2) is 46.8 Å². The number of carboxylic acid groups (broad SMARTS) is 1. The average molecular weight is 251 g/mol. The fraction of sp³-hybridized carbons (Fsp3) is 0.583. The van der Waals surface area contributed by atoms with E-state index in [1.165, 1.54) is 12.3 Å². The van der Waals surface area contributed by atoms with Crippen molar-refractivity contribution in [3.8, 4) is 0 Å². The number of rotatable bonds is 3. The van der Waals surface area contributed by atoms with Crippen molar-refractivity contribution in [3.05, 3.63) is 18.0 Å². The van der Waals surface area contributed by atoms with E-state index >= 15 is 0 Å². The third kappa shape index (κ3) is 2.59. The van der Waals surface area contributed by atoms with Crippen LogP contribution in [-0.2, 0) is 4.74 Å². The molecule has 1 aromatic heterocycles. The monoisotopic (exact) mass is 251 g/mol. The van der Waals surface area contributed by atoms with Crippen molar-refractivity contribution in [2.24, 2.45) is 0 Å². The summed E-state index contributed by atoms with van der Waals surface area (Å²) in [5, 5.41) is 8.92. The van der Waals surface area contributed by atoms with Gasteiger partial charge in [-0.15, -0.1) is 0 Å². The molecule has 2 atom stereocenters. The Kier molecular flexibility index (Phi) is 3.76. The molecule has 6 nitrogen and oxygen atoms in total. The maximum absolute atomic E-state index is 10.9. The van der Waals surface area contributed by atoms with Gasteiger partial charge in [-0.25, -0.2) is 14.8 Å². The number of hydrogen-bond acceptors (Lipinski definition) is 5. The topological polar surface area (TPSA) is 75.5 Å². The fourth-order valence-corrected chi connectivity index (χ4v) is 2.25. The van der Waals surface area contributed by atoms with Crippen LogP contribution in [0.1, 0.15) is 30.3 Å². The first-order valence-electron chi connectivity index (χ1n) is 5.97. The van der Waals surface area contributed by atoms with Gasteiger partial charge in [0, 0.05) is 25.9 Å². The number of hydrogen-bond donors (Lipinski definition) is 1. The summed E-state index contributed by atoms with van der Waals surface area (Å²) in [5.74, 6) is -0.546. The number of nitrogens with zero attached hydrogens (tertiary/aromatic N) is 3. The Morgan fingerprint density at radius 2 is 2.39 bits per heavy atom. The standard InChI is InChI=1S/C12H17N3O3/c1-8-7-9(18-2)4-6-15(8)12-13-5-3-10(14-12)11(16)17/h3,5,8-9H,4,6-7H2,1-2H3,(H,16,17). The molecule has 1 fully saturated rings. The highest BCUT2D eigenvalue weighted by atomic mass is 16.5. The highest BCUT2D eigenvalue weighted by Crippen LogP contribution is 2.23. The zero-order valence-corrected chi connectivity index (χ0v) is 10.5. The molecule has 0 spiro atoms. The Hall–Kier alpha value is -1.69. The molecule has 0 aliphatic carbocycles. The highest BCUT2D eigenvalue weighted by Gasteiger charge is 2.27. The molecule has 1 saturated heterocycles. The van der Waals surface area contributed by atoms with Gasteiger partial charge in [0.15, 0.2) is 5.69 Å². The summed E-state index contributed by atoms with van der Waals surface area (Å²) in [4.78, 5) is 21.1. The van der Waals surface area contributed by atoms with Crippen molar-refractivity contribution in [1.82, 2.24) is 9.97 Å². The minimum atomic E-state index is -1.03. The summed E-state index contributed by atoms with van der Waals surface area (Å²) in [6, 6.07) is 1.64. The van der Waals surface area contributed by atoms with E-state index in [4.69, 9.17) is 9.84 Å². The van der Waals surface area contributed by atoms with Crippen LogP contribution < -0.4 is 4.90 Å². The predicted octanol–water partition coefficient (Wildman–Crippen LogP) is 1.18. The number of ether oxygens (including phenoxy) is 1. The van der Waals surface area contributed by atoms with Crippen LogP contribution in [0.25, 0.3) is 0 Å². The van der Waals surface area contributed by atoms with Crippen LogP contribution in [0.2, 0.25) is 0 Å². The zero-order chi connectivity index (χ0) is 13.1. The van der Waals surface area contributed by atoms with E-state index in [0.717, 1.165) is 19.4 Å². The third-order valence-electron chi connectivity index (χ3n) is 3.28. The number of methoxy groups -OCH3 is 1. The van der Waals surface area contributed by atoms with Crippen LogP contribution in [0.4, 0.5) is 5.95 Å². The van der Waals surface area contributed by atoms with Crippen LogP contribution in [0, 0.1) is 0 Å². The number of carbonyl (C=O) groups is 1. The van der Waals surface area contributed by atoms with Gasteiger partial charge in [-0.3, -0.25) is 0 Å². The van der Waals surface area contributed by atoms with E-state index in [0.29, 0.717) is 5.95 Å². The lowest BCUT2D eigenvalue weighted by atomic mass is 10.0. The molecule has 18 heavy (non-hydrogen) atoms. The molecule has 98 valence electrons. The van der Waals surface area contributed by atoms with Crippen molar-refractivity contribution in [2.45, 2.75) is 31.9 Å². The Morgan fingerprint density at radius 1 is 1.61 bits per heavy atom. The molecule has 0 bridgehead atoms. The number of carboxylic acids is 1. The Morgan fingerprint density at radius 3 is 3.00 bits per heavy atom. The second-order valence-corrected chi connectivity index (χ2v) is 4.47. The lowest BCUT2D eigenvalue weighted by Gasteiger charge is -2.37. The predicted molar refractivity (Wildman–Crippen MR) is 65.8 cm³/mol. The van der Waals surface area contributed by atoms with Crippen LogP contribution >= 0.6 is 0 Å². The molecule has 1 N–H and O–H groups in total. The number of anilines is 1. The van der Waals surface area contributed by atoms with Crippen molar-refractivity contribution < 1.29 is 14.6 Å². The third-order valence-corrected chi connectivity index (χ3v) is 3.28. The second-order valence-electron chi connectivity index (χ2n) is 4.47. The molecule has 1 aromatic rings. The van der Waals surface area contributed by atoms with E-state index in [2.05, 4.69) is 16.9 Å². The van der Waals surface area contributed by atoms with Crippen molar-refractivity contribution in [1.29, 1.82) is 0 Å². The normalized spacial score (nSPS) is 24.0. The number of aromatic nitrogens is 2. The van der Waals surface area contributed by atoms with Gasteiger partial charge in [0.1, 0.15) is 0 Å². The van der Waals surface area contributed by atoms with Crippen LogP contribution in [0.3, 0.4) is 0 Å². The molecule has 0 saturated carbocycles. The van der Waals surface area contributed by atoms with Gasteiger partial charge in [0.25, 0.3) is 0 Å². The van der Waals surface area contributed by atoms with Gasteiger partial charge < -0.3 is 14.7 Å². The van der Waals surface area contributed by atoms with Gasteiger partial charge in [0.05, 0.1) is 6.10 Å². The molecule has 2 rings (SSSR count). The number of piperidine rings is 1. The van der Waals surface area contributed by atoms with Gasteiger partial charge >= 0.3 is 5.97 Å². The quantitative estimate of drug-likeness (QED) is 0.869. The van der Waals surface area contributed by atoms with Crippen molar-refractivity contribution in [3.63, 3.8) is 0 Å². The lowest BCUT2D eigenvalue weighted by molar-refractivity contribution is 0.0685. The molecular weight excluding hydrogens is 234 g/mol. The minimum Gasteiger partial charge on any atom is -0.477 e. The van der Waals surface area contributed by atoms with E-state index in [1.807, 2.05) is 4.90 Å². The molecule has 1 aliphatic rings. The lowest BCUT2D eigenvalue weighted by Crippen LogP contribution is -2.44. The number of aromatic carboxylic acids is 1. The zero-order valence-electron chi connectivity index (χ0n) is 10.5. The molecule has 0 radical (unpaired) electrons. The summed E-state index contributed by atoms with van der Waals surface area (Å²) < 4.78 is 5.35. The molecule has 6 heteroatoms. The fourth-order valence-electron chi connectivity index (χ4n) is 2.25. The molecule has 0 amide bonds. The SMILES string of the molecule is COC1CCN(c2nccc(C(=O)O)n2)C(C)C1. The largest absolute Gasteiger partial charge is 0.477 e. The minimum absolute atomic E-state index is 0.0288.